The molecule has 2 atom stereocenters. The number of aliphatic carboxylic acids is 1. The van der Waals surface area contributed by atoms with E-state index in [9.17, 15) is 4.79 Å². The molecule has 0 aliphatic carbocycles. The van der Waals surface area contributed by atoms with Gasteiger partial charge >= 0.3 is 5.97 Å². The molecular formula is C5H11NO3S. The zero-order valence-electron chi connectivity index (χ0n) is 5.61. The van der Waals surface area contributed by atoms with E-state index in [1.807, 2.05) is 0 Å². The minimum atomic E-state index is -1.00. The topological polar surface area (TPSA) is 69.6 Å². The van der Waals surface area contributed by atoms with E-state index in [0.29, 0.717) is 0 Å². The molecule has 3 N–H and O–H groups in total. The third kappa shape index (κ3) is 2.55. The van der Waals surface area contributed by atoms with Gasteiger partial charge in [0.2, 0.25) is 0 Å². The van der Waals surface area contributed by atoms with E-state index in [1.54, 1.807) is 6.92 Å². The van der Waals surface area contributed by atoms with Gasteiger partial charge in [-0.25, -0.2) is 0 Å². The second kappa shape index (κ2) is 4.54. The maximum absolute atomic E-state index is 10.3. The Balaban J connectivity index is 3.92. The first-order valence-corrected chi connectivity index (χ1v) is 3.31. The molecule has 4 nitrogen and oxygen atoms in total. The fourth-order valence-corrected chi connectivity index (χ4v) is 0.896. The lowest BCUT2D eigenvalue weighted by molar-refractivity contribution is -0.140. The van der Waals surface area contributed by atoms with Crippen LogP contribution in [0.4, 0.5) is 0 Å². The highest BCUT2D eigenvalue weighted by molar-refractivity contribution is 7.78. The van der Waals surface area contributed by atoms with Crippen LogP contribution in [0, 0.1) is 5.92 Å². The Hall–Kier alpha value is -0.260. The second-order valence-electron chi connectivity index (χ2n) is 2.10. The van der Waals surface area contributed by atoms with Crippen molar-refractivity contribution >= 4 is 18.8 Å². The molecule has 1 unspecified atom stereocenters. The highest BCUT2D eigenvalue weighted by atomic mass is 32.1. The monoisotopic (exact) mass is 165 g/mol. The largest absolute Gasteiger partial charge is 0.480 e. The molecule has 0 aliphatic rings. The summed E-state index contributed by atoms with van der Waals surface area (Å²) in [4.78, 5) is 10.3. The zero-order valence-corrected chi connectivity index (χ0v) is 6.51. The minimum Gasteiger partial charge on any atom is -0.480 e. The van der Waals surface area contributed by atoms with Gasteiger partial charge < -0.3 is 10.2 Å². The summed E-state index contributed by atoms with van der Waals surface area (Å²) in [5.41, 5.74) is 0. The van der Waals surface area contributed by atoms with Crippen LogP contribution in [-0.2, 0) is 4.79 Å². The molecule has 0 aromatic rings. The van der Waals surface area contributed by atoms with Crippen LogP contribution in [0.15, 0.2) is 0 Å². The first-order chi connectivity index (χ1) is 4.63. The number of aliphatic hydroxyl groups is 1. The molecule has 0 aliphatic heterocycles. The molecule has 60 valence electrons. The van der Waals surface area contributed by atoms with Crippen LogP contribution in [0.5, 0.6) is 0 Å². The van der Waals surface area contributed by atoms with Gasteiger partial charge in [-0.3, -0.25) is 9.52 Å². The van der Waals surface area contributed by atoms with Crippen LogP contribution < -0.4 is 4.72 Å². The van der Waals surface area contributed by atoms with Crippen molar-refractivity contribution < 1.29 is 15.0 Å². The highest BCUT2D eigenvalue weighted by Crippen LogP contribution is 2.02. The van der Waals surface area contributed by atoms with E-state index >= 15 is 0 Å². The van der Waals surface area contributed by atoms with Crippen molar-refractivity contribution in [3.05, 3.63) is 0 Å². The standard InChI is InChI=1S/C5H11NO3S/c1-3(2-7)4(6-10)5(8)9/h3-4,6-7,10H,2H2,1H3,(H,8,9)/t3?,4-/m0/s1. The molecule has 0 rings (SSSR count). The lowest BCUT2D eigenvalue weighted by atomic mass is 10.1. The van der Waals surface area contributed by atoms with Gasteiger partial charge in [0.15, 0.2) is 0 Å². The first-order valence-electron chi connectivity index (χ1n) is 2.86. The van der Waals surface area contributed by atoms with E-state index in [4.69, 9.17) is 10.2 Å². The van der Waals surface area contributed by atoms with Gasteiger partial charge in [0, 0.05) is 12.5 Å². The van der Waals surface area contributed by atoms with Crippen LogP contribution in [0.1, 0.15) is 6.92 Å². The fraction of sp³-hybridized carbons (Fsp3) is 0.800. The molecule has 5 heteroatoms. The summed E-state index contributed by atoms with van der Waals surface area (Å²) in [7, 11) is 0. The van der Waals surface area contributed by atoms with E-state index in [0.717, 1.165) is 0 Å². The Kier molecular flexibility index (Phi) is 4.42. The van der Waals surface area contributed by atoms with E-state index in [-0.39, 0.29) is 12.5 Å². The molecule has 0 bridgehead atoms. The van der Waals surface area contributed by atoms with Crippen LogP contribution >= 0.6 is 12.8 Å². The summed E-state index contributed by atoms with van der Waals surface area (Å²) in [5, 5.41) is 17.0. The second-order valence-corrected chi connectivity index (χ2v) is 2.36. The SMILES string of the molecule is CC(CO)[C@H](NS)C(=O)O. The van der Waals surface area contributed by atoms with Gasteiger partial charge in [0.1, 0.15) is 6.04 Å². The summed E-state index contributed by atoms with van der Waals surface area (Å²) < 4.78 is 2.29. The van der Waals surface area contributed by atoms with Crippen LogP contribution in [0.3, 0.4) is 0 Å². The molecule has 0 radical (unpaired) electrons. The van der Waals surface area contributed by atoms with Crippen molar-refractivity contribution in [1.29, 1.82) is 0 Å². The number of rotatable bonds is 4. The molecule has 10 heavy (non-hydrogen) atoms. The number of carboxylic acid groups (broad SMARTS) is 1. The predicted molar refractivity (Wildman–Crippen MR) is 39.8 cm³/mol. The zero-order chi connectivity index (χ0) is 8.15. The van der Waals surface area contributed by atoms with Crippen molar-refractivity contribution in [3.8, 4) is 0 Å². The molecule has 0 saturated carbocycles. The Morgan fingerprint density at radius 1 is 1.80 bits per heavy atom. The van der Waals surface area contributed by atoms with E-state index in [1.165, 1.54) is 0 Å². The molecule has 0 aromatic carbocycles. The van der Waals surface area contributed by atoms with Gasteiger partial charge in [0.25, 0.3) is 0 Å². The van der Waals surface area contributed by atoms with Gasteiger partial charge in [-0.2, -0.15) is 0 Å². The number of thiol groups is 1. The Morgan fingerprint density at radius 2 is 2.30 bits per heavy atom. The average Bonchev–Trinajstić information content (AvgIpc) is 1.88. The first kappa shape index (κ1) is 9.74. The maximum Gasteiger partial charge on any atom is 0.321 e. The Bertz CT molecular complexity index is 119. The van der Waals surface area contributed by atoms with Gasteiger partial charge in [-0.1, -0.05) is 19.7 Å². The van der Waals surface area contributed by atoms with Crippen LogP contribution in [0.2, 0.25) is 0 Å². The number of hydrogen-bond donors (Lipinski definition) is 4. The summed E-state index contributed by atoms with van der Waals surface area (Å²) >= 11 is 3.61. The number of aliphatic hydroxyl groups excluding tert-OH is 1. The lowest BCUT2D eigenvalue weighted by Gasteiger charge is -2.15. The smallest absolute Gasteiger partial charge is 0.321 e. The summed E-state index contributed by atoms with van der Waals surface area (Å²) in [5.74, 6) is -1.33. The molecule has 0 amide bonds. The number of carboxylic acids is 1. The van der Waals surface area contributed by atoms with Gasteiger partial charge in [-0.15, -0.1) is 0 Å². The number of carbonyl (C=O) groups is 1. The van der Waals surface area contributed by atoms with Crippen molar-refractivity contribution in [2.75, 3.05) is 6.61 Å². The van der Waals surface area contributed by atoms with Gasteiger partial charge in [0.05, 0.1) is 0 Å². The molecule has 0 spiro atoms. The summed E-state index contributed by atoms with van der Waals surface area (Å²) in [6.45, 7) is 1.46. The third-order valence-electron chi connectivity index (χ3n) is 1.26. The van der Waals surface area contributed by atoms with E-state index < -0.39 is 12.0 Å². The quantitative estimate of drug-likeness (QED) is 0.424. The predicted octanol–water partition coefficient (Wildman–Crippen LogP) is -0.498. The van der Waals surface area contributed by atoms with Crippen LogP contribution in [-0.4, -0.2) is 28.8 Å². The molecule has 0 heterocycles. The van der Waals surface area contributed by atoms with Crippen molar-refractivity contribution in [2.45, 2.75) is 13.0 Å². The fourth-order valence-electron chi connectivity index (χ4n) is 0.531. The molecule has 0 fully saturated rings. The van der Waals surface area contributed by atoms with Gasteiger partial charge in [-0.05, 0) is 0 Å². The summed E-state index contributed by atoms with van der Waals surface area (Å²) in [6.07, 6.45) is 0. The number of hydrogen-bond acceptors (Lipinski definition) is 4. The minimum absolute atomic E-state index is 0.162. The molecule has 0 saturated heterocycles. The normalized spacial score (nSPS) is 16.3. The molecular weight excluding hydrogens is 154 g/mol. The third-order valence-corrected chi connectivity index (χ3v) is 1.54. The average molecular weight is 165 g/mol. The van der Waals surface area contributed by atoms with Crippen molar-refractivity contribution in [1.82, 2.24) is 4.72 Å². The van der Waals surface area contributed by atoms with Crippen LogP contribution in [0.25, 0.3) is 0 Å². The Labute approximate surface area is 64.8 Å². The van der Waals surface area contributed by atoms with E-state index in [2.05, 4.69) is 17.5 Å². The highest BCUT2D eigenvalue weighted by Gasteiger charge is 2.21. The Morgan fingerprint density at radius 3 is 2.40 bits per heavy atom. The molecule has 0 aromatic heterocycles. The number of nitrogens with one attached hydrogen (secondary N) is 1. The van der Waals surface area contributed by atoms with Crippen molar-refractivity contribution in [2.24, 2.45) is 5.92 Å². The summed E-state index contributed by atoms with van der Waals surface area (Å²) in [6, 6.07) is -0.784. The lowest BCUT2D eigenvalue weighted by Crippen LogP contribution is -2.38. The van der Waals surface area contributed by atoms with Crippen molar-refractivity contribution in [3.63, 3.8) is 0 Å². The maximum atomic E-state index is 10.3.